The summed E-state index contributed by atoms with van der Waals surface area (Å²) in [4.78, 5) is 0. The molecule has 1 aromatic heterocycles. The van der Waals surface area contributed by atoms with E-state index in [9.17, 15) is 0 Å². The molecule has 1 nitrogen and oxygen atoms in total. The van der Waals surface area contributed by atoms with Crippen molar-refractivity contribution in [2.45, 2.75) is 33.2 Å². The van der Waals surface area contributed by atoms with Gasteiger partial charge in [-0.25, -0.2) is 0 Å². The Hall–Kier alpha value is -0.600. The summed E-state index contributed by atoms with van der Waals surface area (Å²) >= 11 is 1.76. The molecule has 1 N–H and O–H groups in total. The molecule has 0 bridgehead atoms. The van der Waals surface area contributed by atoms with E-state index in [-0.39, 0.29) is 0 Å². The maximum Gasteiger partial charge on any atom is 0.00105 e. The second kappa shape index (κ2) is 5.99. The summed E-state index contributed by atoms with van der Waals surface area (Å²) in [7, 11) is 0. The lowest BCUT2D eigenvalue weighted by atomic mass is 10.1. The average molecular weight is 209 g/mol. The summed E-state index contributed by atoms with van der Waals surface area (Å²) in [5.74, 6) is 0. The Morgan fingerprint density at radius 2 is 2.36 bits per heavy atom. The third-order valence-corrected chi connectivity index (χ3v) is 2.81. The molecule has 0 atom stereocenters. The molecule has 1 aromatic rings. The van der Waals surface area contributed by atoms with Crippen LogP contribution in [0.25, 0.3) is 5.57 Å². The van der Waals surface area contributed by atoms with Gasteiger partial charge in [-0.15, -0.1) is 0 Å². The molecule has 14 heavy (non-hydrogen) atoms. The first-order valence-corrected chi connectivity index (χ1v) is 6.07. The van der Waals surface area contributed by atoms with Crippen molar-refractivity contribution in [3.05, 3.63) is 28.5 Å². The number of thiophene rings is 1. The molecular weight excluding hydrogens is 190 g/mol. The van der Waals surface area contributed by atoms with Crippen LogP contribution in [0.3, 0.4) is 0 Å². The van der Waals surface area contributed by atoms with Gasteiger partial charge in [0.2, 0.25) is 0 Å². The van der Waals surface area contributed by atoms with Gasteiger partial charge < -0.3 is 5.32 Å². The third-order valence-electron chi connectivity index (χ3n) is 2.12. The molecule has 0 fully saturated rings. The standard InChI is InChI=1S/C12H19NS/c1-10(2)13-7-4-5-11(3)12-6-8-14-9-12/h5-6,8-10,13H,4,7H2,1-3H3. The molecule has 0 unspecified atom stereocenters. The number of hydrogen-bond acceptors (Lipinski definition) is 2. The van der Waals surface area contributed by atoms with Gasteiger partial charge in [0.1, 0.15) is 0 Å². The molecular formula is C12H19NS. The van der Waals surface area contributed by atoms with Crippen LogP contribution in [0.5, 0.6) is 0 Å². The normalized spacial score (nSPS) is 12.4. The Balaban J connectivity index is 2.31. The Labute approximate surface area is 90.9 Å². The second-order valence-corrected chi connectivity index (χ2v) is 4.58. The highest BCUT2D eigenvalue weighted by molar-refractivity contribution is 7.08. The predicted molar refractivity (Wildman–Crippen MR) is 65.7 cm³/mol. The van der Waals surface area contributed by atoms with Crippen molar-refractivity contribution in [2.24, 2.45) is 0 Å². The van der Waals surface area contributed by atoms with Gasteiger partial charge in [0.25, 0.3) is 0 Å². The van der Waals surface area contributed by atoms with E-state index in [1.807, 2.05) is 0 Å². The molecule has 0 aliphatic carbocycles. The number of rotatable bonds is 5. The smallest absolute Gasteiger partial charge is 0.00105 e. The van der Waals surface area contributed by atoms with Crippen molar-refractivity contribution >= 4 is 16.9 Å². The van der Waals surface area contributed by atoms with E-state index < -0.39 is 0 Å². The quantitative estimate of drug-likeness (QED) is 0.731. The Morgan fingerprint density at radius 3 is 2.93 bits per heavy atom. The van der Waals surface area contributed by atoms with Crippen molar-refractivity contribution in [3.63, 3.8) is 0 Å². The molecule has 0 saturated heterocycles. The number of allylic oxidation sites excluding steroid dienone is 1. The van der Waals surface area contributed by atoms with Crippen molar-refractivity contribution in [1.82, 2.24) is 5.32 Å². The summed E-state index contributed by atoms with van der Waals surface area (Å²) in [6.07, 6.45) is 3.41. The van der Waals surface area contributed by atoms with Crippen LogP contribution in [0.4, 0.5) is 0 Å². The topological polar surface area (TPSA) is 12.0 Å². The maximum absolute atomic E-state index is 3.40. The third kappa shape index (κ3) is 4.07. The Kier molecular flexibility index (Phi) is 4.91. The van der Waals surface area contributed by atoms with Crippen LogP contribution < -0.4 is 5.32 Å². The van der Waals surface area contributed by atoms with Crippen LogP contribution in [-0.4, -0.2) is 12.6 Å². The van der Waals surface area contributed by atoms with Crippen molar-refractivity contribution in [1.29, 1.82) is 0 Å². The zero-order valence-electron chi connectivity index (χ0n) is 9.21. The van der Waals surface area contributed by atoms with Crippen LogP contribution in [0.1, 0.15) is 32.8 Å². The first-order valence-electron chi connectivity index (χ1n) is 5.13. The lowest BCUT2D eigenvalue weighted by Crippen LogP contribution is -2.23. The fourth-order valence-electron chi connectivity index (χ4n) is 1.27. The fraction of sp³-hybridized carbons (Fsp3) is 0.500. The second-order valence-electron chi connectivity index (χ2n) is 3.80. The Morgan fingerprint density at radius 1 is 1.57 bits per heavy atom. The molecule has 0 amide bonds. The zero-order valence-corrected chi connectivity index (χ0v) is 10.0. The van der Waals surface area contributed by atoms with Gasteiger partial charge in [-0.1, -0.05) is 19.9 Å². The number of nitrogens with one attached hydrogen (secondary N) is 1. The highest BCUT2D eigenvalue weighted by Gasteiger charge is 1.95. The SMILES string of the molecule is CC(=CCCNC(C)C)c1ccsc1. The zero-order chi connectivity index (χ0) is 10.4. The average Bonchev–Trinajstić information content (AvgIpc) is 2.64. The summed E-state index contributed by atoms with van der Waals surface area (Å²) in [5, 5.41) is 7.72. The number of hydrogen-bond donors (Lipinski definition) is 1. The van der Waals surface area contributed by atoms with Gasteiger partial charge in [-0.2, -0.15) is 11.3 Å². The van der Waals surface area contributed by atoms with Crippen LogP contribution >= 0.6 is 11.3 Å². The molecule has 0 saturated carbocycles. The molecule has 1 heterocycles. The van der Waals surface area contributed by atoms with E-state index in [2.05, 4.69) is 49.0 Å². The van der Waals surface area contributed by atoms with Crippen LogP contribution in [0.2, 0.25) is 0 Å². The minimum atomic E-state index is 0.588. The highest BCUT2D eigenvalue weighted by atomic mass is 32.1. The Bertz CT molecular complexity index is 273. The highest BCUT2D eigenvalue weighted by Crippen LogP contribution is 2.16. The molecule has 1 rings (SSSR count). The minimum Gasteiger partial charge on any atom is -0.314 e. The summed E-state index contributed by atoms with van der Waals surface area (Å²) in [6, 6.07) is 2.76. The molecule has 0 aromatic carbocycles. The van der Waals surface area contributed by atoms with E-state index in [0.717, 1.165) is 13.0 Å². The molecule has 0 aliphatic heterocycles. The first kappa shape index (κ1) is 11.5. The predicted octanol–water partition coefficient (Wildman–Crippen LogP) is 3.54. The van der Waals surface area contributed by atoms with Gasteiger partial charge >= 0.3 is 0 Å². The summed E-state index contributed by atoms with van der Waals surface area (Å²) in [5.41, 5.74) is 2.75. The first-order chi connectivity index (χ1) is 6.70. The molecule has 0 aliphatic rings. The summed E-state index contributed by atoms with van der Waals surface area (Å²) < 4.78 is 0. The lowest BCUT2D eigenvalue weighted by Gasteiger charge is -2.05. The molecule has 0 radical (unpaired) electrons. The van der Waals surface area contributed by atoms with Crippen LogP contribution in [0, 0.1) is 0 Å². The van der Waals surface area contributed by atoms with E-state index >= 15 is 0 Å². The van der Waals surface area contributed by atoms with Crippen molar-refractivity contribution in [2.75, 3.05) is 6.54 Å². The van der Waals surface area contributed by atoms with Crippen LogP contribution in [0.15, 0.2) is 22.9 Å². The maximum atomic E-state index is 3.40. The largest absolute Gasteiger partial charge is 0.314 e. The van der Waals surface area contributed by atoms with Gasteiger partial charge in [0, 0.05) is 6.04 Å². The lowest BCUT2D eigenvalue weighted by molar-refractivity contribution is 0.595. The molecule has 78 valence electrons. The van der Waals surface area contributed by atoms with E-state index in [1.165, 1.54) is 11.1 Å². The molecule has 0 spiro atoms. The summed E-state index contributed by atoms with van der Waals surface area (Å²) in [6.45, 7) is 7.60. The van der Waals surface area contributed by atoms with Crippen LogP contribution in [-0.2, 0) is 0 Å². The van der Waals surface area contributed by atoms with Crippen molar-refractivity contribution < 1.29 is 0 Å². The monoisotopic (exact) mass is 209 g/mol. The van der Waals surface area contributed by atoms with Gasteiger partial charge in [0.05, 0.1) is 0 Å². The molecule has 2 heteroatoms. The fourth-order valence-corrected chi connectivity index (χ4v) is 1.98. The van der Waals surface area contributed by atoms with Gasteiger partial charge in [-0.05, 0) is 47.9 Å². The van der Waals surface area contributed by atoms with E-state index in [0.29, 0.717) is 6.04 Å². The minimum absolute atomic E-state index is 0.588. The van der Waals surface area contributed by atoms with Crippen molar-refractivity contribution in [3.8, 4) is 0 Å². The van der Waals surface area contributed by atoms with E-state index in [1.54, 1.807) is 11.3 Å². The van der Waals surface area contributed by atoms with E-state index in [4.69, 9.17) is 0 Å². The van der Waals surface area contributed by atoms with Gasteiger partial charge in [-0.3, -0.25) is 0 Å². The van der Waals surface area contributed by atoms with Gasteiger partial charge in [0.15, 0.2) is 0 Å².